The van der Waals surface area contributed by atoms with Gasteiger partial charge in [0.2, 0.25) is 11.8 Å². The number of para-hydroxylation sites is 1. The number of hydrogen-bond acceptors (Lipinski definition) is 6. The third-order valence-corrected chi connectivity index (χ3v) is 11.9. The van der Waals surface area contributed by atoms with E-state index < -0.39 is 93.6 Å². The third-order valence-electron chi connectivity index (χ3n) is 11.7. The monoisotopic (exact) mass is 811 g/mol. The maximum absolute atomic E-state index is 15.2. The Labute approximate surface area is 324 Å². The van der Waals surface area contributed by atoms with Crippen LogP contribution in [0.1, 0.15) is 46.6 Å². The molecule has 0 aromatic heterocycles. The summed E-state index contributed by atoms with van der Waals surface area (Å²) in [6, 6.07) is 16.3. The molecule has 2 heterocycles. The van der Waals surface area contributed by atoms with Crippen molar-refractivity contribution in [3.63, 3.8) is 0 Å². The van der Waals surface area contributed by atoms with Crippen molar-refractivity contribution in [3.05, 3.63) is 135 Å². The van der Waals surface area contributed by atoms with E-state index in [9.17, 15) is 50.2 Å². The third kappa shape index (κ3) is 5.88. The first kappa shape index (κ1) is 38.2. The molecule has 0 unspecified atom stereocenters. The predicted octanol–water partition coefficient (Wildman–Crippen LogP) is 8.72. The van der Waals surface area contributed by atoms with Crippen LogP contribution in [0, 0.1) is 36.4 Å². The van der Waals surface area contributed by atoms with Crippen LogP contribution in [0.2, 0.25) is 5.02 Å². The van der Waals surface area contributed by atoms with Crippen LogP contribution in [-0.2, 0) is 36.9 Å². The number of nitrogens with zero attached hydrogens (tertiary/aromatic N) is 2. The molecular weight excluding hydrogens is 783 g/mol. The summed E-state index contributed by atoms with van der Waals surface area (Å²) in [5.74, 6) is -10.7. The molecule has 6 atom stereocenters. The minimum Gasteiger partial charge on any atom is -0.507 e. The molecule has 4 aliphatic rings. The summed E-state index contributed by atoms with van der Waals surface area (Å²) in [6.45, 7) is 1.61. The van der Waals surface area contributed by atoms with Crippen LogP contribution in [0.5, 0.6) is 5.75 Å². The molecule has 8 rings (SSSR count). The summed E-state index contributed by atoms with van der Waals surface area (Å²) in [5.41, 5.74) is -1.97. The van der Waals surface area contributed by atoms with Crippen LogP contribution in [-0.4, -0.2) is 33.7 Å². The van der Waals surface area contributed by atoms with Crippen molar-refractivity contribution in [2.75, 3.05) is 10.3 Å². The van der Waals surface area contributed by atoms with Gasteiger partial charge in [-0.1, -0.05) is 53.6 Å². The van der Waals surface area contributed by atoms with E-state index in [1.165, 1.54) is 24.3 Å². The number of hydrogen-bond donors (Lipinski definition) is 2. The number of phenolic OH excluding ortho intramolecular Hbond substituents is 1. The number of amides is 4. The van der Waals surface area contributed by atoms with Crippen molar-refractivity contribution in [2.24, 2.45) is 23.7 Å². The van der Waals surface area contributed by atoms with Crippen molar-refractivity contribution in [1.82, 2.24) is 5.01 Å². The molecule has 4 aromatic rings. The number of hydrazine groups is 1. The molecule has 2 aliphatic heterocycles. The van der Waals surface area contributed by atoms with E-state index in [1.807, 2.05) is 0 Å². The van der Waals surface area contributed by atoms with Gasteiger partial charge in [0, 0.05) is 16.5 Å². The number of halogens is 8. The molecule has 2 N–H and O–H groups in total. The topological polar surface area (TPSA) is 107 Å². The zero-order valence-electron chi connectivity index (χ0n) is 29.5. The van der Waals surface area contributed by atoms with Gasteiger partial charge in [0.1, 0.15) is 11.6 Å². The Balaban J connectivity index is 1.31. The lowest BCUT2D eigenvalue weighted by Gasteiger charge is -2.50. The molecule has 3 fully saturated rings. The van der Waals surface area contributed by atoms with Gasteiger partial charge in [-0.25, -0.2) is 9.29 Å². The number of anilines is 2. The van der Waals surface area contributed by atoms with Crippen LogP contribution in [0.15, 0.2) is 96.6 Å². The number of carbonyl (C=O) groups is 4. The molecule has 0 radical (unpaired) electrons. The SMILES string of the molecule is Cc1cccc([C@H]2C3=CC[C@@H]4C(=O)N(c5cc(C(F)(F)F)cc(C(F)(F)F)c5)C(=O)[C@@H]4[C@@H]3C[C@H]3C(=O)N(Nc4ccc(F)cc4)C(=O)[C@@]23c2ccc(Cl)cc2)c1O. The first-order chi connectivity index (χ1) is 26.8. The molecule has 0 bridgehead atoms. The molecule has 0 spiro atoms. The molecule has 57 heavy (non-hydrogen) atoms. The van der Waals surface area contributed by atoms with Gasteiger partial charge in [0.25, 0.3) is 11.8 Å². The van der Waals surface area contributed by atoms with Crippen LogP contribution in [0.3, 0.4) is 0 Å². The largest absolute Gasteiger partial charge is 0.507 e. The van der Waals surface area contributed by atoms with Crippen LogP contribution >= 0.6 is 11.6 Å². The summed E-state index contributed by atoms with van der Waals surface area (Å²) in [4.78, 5) is 58.8. The summed E-state index contributed by atoms with van der Waals surface area (Å²) in [5, 5.41) is 12.8. The molecule has 8 nitrogen and oxygen atoms in total. The lowest BCUT2D eigenvalue weighted by molar-refractivity contribution is -0.143. The first-order valence-electron chi connectivity index (χ1n) is 17.7. The Morgan fingerprint density at radius 1 is 0.807 bits per heavy atom. The fourth-order valence-corrected chi connectivity index (χ4v) is 9.36. The standard InChI is InChI=1S/C41H29ClF7N3O5/c1-19-3-2-4-29(34(19)53)33-27-13-14-28-32(37(56)51(35(28)54)26-16-21(40(44,45)46)15-22(17-26)41(47,48)49)30(27)18-31-36(55)52(50-25-11-9-24(43)10-12-25)38(57)39(31,33)20-5-7-23(42)8-6-20/h2-13,15-17,28,30-33,50,53H,14,18H2,1H3/t28-,30+,31-,32-,33+,39+/m0/s1. The number of nitrogens with one attached hydrogen (secondary N) is 1. The summed E-state index contributed by atoms with van der Waals surface area (Å²) in [7, 11) is 0. The van der Waals surface area contributed by atoms with Gasteiger partial charge in [-0.3, -0.25) is 24.6 Å². The van der Waals surface area contributed by atoms with Crippen molar-refractivity contribution in [2.45, 2.75) is 43.5 Å². The summed E-state index contributed by atoms with van der Waals surface area (Å²) < 4.78 is 97.3. The Hall–Kier alpha value is -5.70. The fraction of sp³-hybridized carbons (Fsp3) is 0.268. The van der Waals surface area contributed by atoms with Gasteiger partial charge in [0.15, 0.2) is 0 Å². The highest BCUT2D eigenvalue weighted by Crippen LogP contribution is 2.65. The van der Waals surface area contributed by atoms with E-state index in [4.69, 9.17) is 11.6 Å². The zero-order chi connectivity index (χ0) is 40.9. The van der Waals surface area contributed by atoms with Gasteiger partial charge in [-0.05, 0) is 91.4 Å². The predicted molar refractivity (Wildman–Crippen MR) is 191 cm³/mol. The van der Waals surface area contributed by atoms with E-state index in [1.54, 1.807) is 43.3 Å². The molecule has 2 aliphatic carbocycles. The normalized spacial score (nSPS) is 26.0. The highest BCUT2D eigenvalue weighted by molar-refractivity contribution is 6.30. The lowest BCUT2D eigenvalue weighted by Crippen LogP contribution is -2.53. The number of allylic oxidation sites excluding steroid dienone is 2. The molecule has 4 aromatic carbocycles. The van der Waals surface area contributed by atoms with Gasteiger partial charge < -0.3 is 5.11 Å². The van der Waals surface area contributed by atoms with E-state index >= 15 is 4.79 Å². The minimum atomic E-state index is -5.26. The second-order valence-corrected chi connectivity index (χ2v) is 15.1. The second kappa shape index (κ2) is 13.2. The van der Waals surface area contributed by atoms with E-state index in [0.29, 0.717) is 38.8 Å². The average molecular weight is 812 g/mol. The highest BCUT2D eigenvalue weighted by Gasteiger charge is 2.70. The molecule has 4 amide bonds. The summed E-state index contributed by atoms with van der Waals surface area (Å²) >= 11 is 6.28. The van der Waals surface area contributed by atoms with Crippen LogP contribution in [0.4, 0.5) is 42.1 Å². The average Bonchev–Trinajstić information content (AvgIpc) is 3.54. The maximum atomic E-state index is 15.2. The molecular formula is C41H29ClF7N3O5. The number of rotatable bonds is 5. The van der Waals surface area contributed by atoms with Gasteiger partial charge in [-0.15, -0.1) is 0 Å². The fourth-order valence-electron chi connectivity index (χ4n) is 9.24. The Morgan fingerprint density at radius 3 is 2.05 bits per heavy atom. The smallest absolute Gasteiger partial charge is 0.416 e. The number of aryl methyl sites for hydroxylation is 1. The molecule has 2 saturated heterocycles. The van der Waals surface area contributed by atoms with E-state index in [-0.39, 0.29) is 35.9 Å². The van der Waals surface area contributed by atoms with Crippen molar-refractivity contribution < 1.29 is 55.0 Å². The maximum Gasteiger partial charge on any atom is 0.416 e. The van der Waals surface area contributed by atoms with Gasteiger partial charge in [-0.2, -0.15) is 31.4 Å². The number of aromatic hydroxyl groups is 1. The summed E-state index contributed by atoms with van der Waals surface area (Å²) in [6.07, 6.45) is -9.38. The van der Waals surface area contributed by atoms with Crippen molar-refractivity contribution >= 4 is 46.6 Å². The van der Waals surface area contributed by atoms with Crippen LogP contribution < -0.4 is 10.3 Å². The Kier molecular flexibility index (Phi) is 8.83. The van der Waals surface area contributed by atoms with Crippen molar-refractivity contribution in [3.8, 4) is 5.75 Å². The number of benzene rings is 4. The number of alkyl halides is 6. The minimum absolute atomic E-state index is 0.105. The van der Waals surface area contributed by atoms with Crippen molar-refractivity contribution in [1.29, 1.82) is 0 Å². The van der Waals surface area contributed by atoms with E-state index in [0.717, 1.165) is 17.1 Å². The molecule has 16 heteroatoms. The second-order valence-electron chi connectivity index (χ2n) is 14.7. The molecule has 294 valence electrons. The van der Waals surface area contributed by atoms with Gasteiger partial charge >= 0.3 is 12.4 Å². The number of phenols is 1. The molecule has 1 saturated carbocycles. The Bertz CT molecular complexity index is 2370. The quantitative estimate of drug-likeness (QED) is 0.119. The number of fused-ring (bicyclic) bond motifs is 4. The lowest BCUT2D eigenvalue weighted by atomic mass is 9.49. The highest BCUT2D eigenvalue weighted by atomic mass is 35.5. The van der Waals surface area contributed by atoms with Gasteiger partial charge in [0.05, 0.1) is 45.7 Å². The zero-order valence-corrected chi connectivity index (χ0v) is 30.2. The van der Waals surface area contributed by atoms with E-state index in [2.05, 4.69) is 5.43 Å². The Morgan fingerprint density at radius 2 is 1.44 bits per heavy atom. The first-order valence-corrected chi connectivity index (χ1v) is 18.0. The number of carbonyl (C=O) groups excluding carboxylic acids is 4. The number of imide groups is 2. The van der Waals surface area contributed by atoms with Crippen LogP contribution in [0.25, 0.3) is 0 Å².